The maximum absolute atomic E-state index is 5.74. The molecule has 31 heavy (non-hydrogen) atoms. The van der Waals surface area contributed by atoms with Crippen LogP contribution in [0.25, 0.3) is 5.69 Å². The number of nitrogens with one attached hydrogen (secondary N) is 2. The number of aromatic nitrogens is 2. The van der Waals surface area contributed by atoms with E-state index >= 15 is 0 Å². The van der Waals surface area contributed by atoms with Gasteiger partial charge >= 0.3 is 0 Å². The molecular weight excluding hydrogens is 505 g/mol. The molecule has 0 radical (unpaired) electrons. The molecule has 1 unspecified atom stereocenters. The van der Waals surface area contributed by atoms with E-state index in [0.717, 1.165) is 67.6 Å². The number of halogens is 1. The molecule has 0 aliphatic carbocycles. The standard InChI is InChI=1S/C23H29N5O2.HI/c1-18-11-13-28(27-18)22-9-3-2-6-19(22)16-25-23(26-17-21-8-5-15-30-21)24-12-10-20-7-4-14-29-20;/h2-4,6-7,9,11,13-14,21H,5,8,10,12,15-17H2,1H3,(H2,24,25,26);1H. The van der Waals surface area contributed by atoms with E-state index in [1.807, 2.05) is 48.1 Å². The van der Waals surface area contributed by atoms with E-state index in [-0.39, 0.29) is 30.1 Å². The highest BCUT2D eigenvalue weighted by atomic mass is 127. The van der Waals surface area contributed by atoms with Gasteiger partial charge in [0.1, 0.15) is 5.76 Å². The fourth-order valence-electron chi connectivity index (χ4n) is 3.53. The van der Waals surface area contributed by atoms with E-state index in [1.165, 1.54) is 0 Å². The Bertz CT molecular complexity index is 949. The fraction of sp³-hybridized carbons (Fsp3) is 0.391. The van der Waals surface area contributed by atoms with Gasteiger partial charge in [-0.25, -0.2) is 9.67 Å². The van der Waals surface area contributed by atoms with Crippen molar-refractivity contribution >= 4 is 29.9 Å². The van der Waals surface area contributed by atoms with Crippen molar-refractivity contribution in [2.45, 2.75) is 38.8 Å². The molecule has 1 aliphatic rings. The third-order valence-electron chi connectivity index (χ3n) is 5.13. The van der Waals surface area contributed by atoms with E-state index in [1.54, 1.807) is 6.26 Å². The number of benzene rings is 1. The molecule has 7 nitrogen and oxygen atoms in total. The average molecular weight is 535 g/mol. The molecule has 166 valence electrons. The van der Waals surface area contributed by atoms with E-state index in [9.17, 15) is 0 Å². The minimum Gasteiger partial charge on any atom is -0.469 e. The predicted octanol–water partition coefficient (Wildman–Crippen LogP) is 3.85. The summed E-state index contributed by atoms with van der Waals surface area (Å²) in [4.78, 5) is 4.83. The largest absolute Gasteiger partial charge is 0.469 e. The van der Waals surface area contributed by atoms with E-state index in [0.29, 0.717) is 6.54 Å². The molecule has 1 fully saturated rings. The van der Waals surface area contributed by atoms with Crippen LogP contribution in [-0.4, -0.2) is 41.5 Å². The normalized spacial score (nSPS) is 16.2. The summed E-state index contributed by atoms with van der Waals surface area (Å²) < 4.78 is 13.1. The van der Waals surface area contributed by atoms with Crippen LogP contribution in [0.5, 0.6) is 0 Å². The van der Waals surface area contributed by atoms with Crippen LogP contribution in [0.4, 0.5) is 0 Å². The molecule has 3 aromatic rings. The second-order valence-corrected chi connectivity index (χ2v) is 7.47. The van der Waals surface area contributed by atoms with Crippen LogP contribution in [0.3, 0.4) is 0 Å². The number of ether oxygens (including phenoxy) is 1. The Labute approximate surface area is 200 Å². The van der Waals surface area contributed by atoms with Gasteiger partial charge in [0, 0.05) is 32.3 Å². The Balaban J connectivity index is 0.00000272. The Hall–Kier alpha value is -2.33. The van der Waals surface area contributed by atoms with Gasteiger partial charge in [0.25, 0.3) is 0 Å². The fourth-order valence-corrected chi connectivity index (χ4v) is 3.53. The molecule has 1 atom stereocenters. The van der Waals surface area contributed by atoms with Crippen molar-refractivity contribution in [1.29, 1.82) is 0 Å². The van der Waals surface area contributed by atoms with Crippen LogP contribution in [0, 0.1) is 6.92 Å². The van der Waals surface area contributed by atoms with Crippen LogP contribution in [0.15, 0.2) is 64.3 Å². The topological polar surface area (TPSA) is 76.6 Å². The first-order chi connectivity index (χ1) is 14.8. The lowest BCUT2D eigenvalue weighted by Crippen LogP contribution is -2.41. The average Bonchev–Trinajstić information content (AvgIpc) is 3.53. The van der Waals surface area contributed by atoms with Gasteiger partial charge in [-0.15, -0.1) is 24.0 Å². The Morgan fingerprint density at radius 1 is 1.19 bits per heavy atom. The SMILES string of the molecule is Cc1ccn(-c2ccccc2CN=C(NCCc2ccco2)NCC2CCCO2)n1.I. The van der Waals surface area contributed by atoms with Crippen molar-refractivity contribution in [3.05, 3.63) is 71.9 Å². The molecule has 4 rings (SSSR count). The van der Waals surface area contributed by atoms with Crippen molar-refractivity contribution < 1.29 is 9.15 Å². The number of nitrogens with zero attached hydrogens (tertiary/aromatic N) is 3. The smallest absolute Gasteiger partial charge is 0.191 e. The van der Waals surface area contributed by atoms with Gasteiger partial charge in [0.2, 0.25) is 0 Å². The van der Waals surface area contributed by atoms with Gasteiger partial charge in [0.15, 0.2) is 5.96 Å². The van der Waals surface area contributed by atoms with Crippen LogP contribution in [0.1, 0.15) is 29.9 Å². The summed E-state index contributed by atoms with van der Waals surface area (Å²) in [6.07, 6.45) is 6.96. The number of para-hydroxylation sites is 1. The van der Waals surface area contributed by atoms with Crippen LogP contribution < -0.4 is 10.6 Å². The molecule has 0 spiro atoms. The van der Waals surface area contributed by atoms with Crippen molar-refractivity contribution in [3.63, 3.8) is 0 Å². The number of furan rings is 1. The molecule has 1 aromatic carbocycles. The first-order valence-electron chi connectivity index (χ1n) is 10.5. The molecule has 2 aromatic heterocycles. The summed E-state index contributed by atoms with van der Waals surface area (Å²) >= 11 is 0. The maximum atomic E-state index is 5.74. The number of hydrogen-bond donors (Lipinski definition) is 2. The zero-order valence-electron chi connectivity index (χ0n) is 17.8. The summed E-state index contributed by atoms with van der Waals surface area (Å²) in [7, 11) is 0. The monoisotopic (exact) mass is 535 g/mol. The van der Waals surface area contributed by atoms with Crippen LogP contribution in [0.2, 0.25) is 0 Å². The second-order valence-electron chi connectivity index (χ2n) is 7.47. The third-order valence-corrected chi connectivity index (χ3v) is 5.13. The van der Waals surface area contributed by atoms with Gasteiger partial charge < -0.3 is 19.8 Å². The number of aryl methyl sites for hydroxylation is 1. The van der Waals surface area contributed by atoms with Crippen molar-refractivity contribution in [3.8, 4) is 5.69 Å². The highest BCUT2D eigenvalue weighted by Gasteiger charge is 2.15. The number of guanidine groups is 1. The van der Waals surface area contributed by atoms with Crippen LogP contribution in [-0.2, 0) is 17.7 Å². The zero-order chi connectivity index (χ0) is 20.6. The first-order valence-corrected chi connectivity index (χ1v) is 10.5. The van der Waals surface area contributed by atoms with Crippen LogP contribution >= 0.6 is 24.0 Å². The van der Waals surface area contributed by atoms with E-state index in [2.05, 4.69) is 27.9 Å². The predicted molar refractivity (Wildman–Crippen MR) is 132 cm³/mol. The molecule has 0 amide bonds. The lowest BCUT2D eigenvalue weighted by Gasteiger charge is -2.16. The van der Waals surface area contributed by atoms with Gasteiger partial charge in [-0.1, -0.05) is 18.2 Å². The molecule has 1 aliphatic heterocycles. The molecule has 2 N–H and O–H groups in total. The van der Waals surface area contributed by atoms with Gasteiger partial charge in [-0.2, -0.15) is 5.10 Å². The Morgan fingerprint density at radius 3 is 2.84 bits per heavy atom. The molecule has 0 bridgehead atoms. The van der Waals surface area contributed by atoms with E-state index < -0.39 is 0 Å². The van der Waals surface area contributed by atoms with Gasteiger partial charge in [-0.05, 0) is 49.6 Å². The summed E-state index contributed by atoms with van der Waals surface area (Å²) in [6.45, 7) is 4.89. The van der Waals surface area contributed by atoms with Crippen molar-refractivity contribution in [2.75, 3.05) is 19.7 Å². The van der Waals surface area contributed by atoms with E-state index in [4.69, 9.17) is 14.1 Å². The molecule has 1 saturated heterocycles. The minimum atomic E-state index is 0. The molecular formula is C23H30IN5O2. The summed E-state index contributed by atoms with van der Waals surface area (Å²) in [5.74, 6) is 1.74. The van der Waals surface area contributed by atoms with Gasteiger partial charge in [-0.3, -0.25) is 0 Å². The molecule has 8 heteroatoms. The minimum absolute atomic E-state index is 0. The number of aliphatic imine (C=N–C) groups is 1. The summed E-state index contributed by atoms with van der Waals surface area (Å²) in [5, 5.41) is 11.4. The third kappa shape index (κ3) is 6.83. The highest BCUT2D eigenvalue weighted by molar-refractivity contribution is 14.0. The molecule has 0 saturated carbocycles. The second kappa shape index (κ2) is 11.9. The Kier molecular flexibility index (Phi) is 8.96. The highest BCUT2D eigenvalue weighted by Crippen LogP contribution is 2.15. The Morgan fingerprint density at radius 2 is 2.10 bits per heavy atom. The molecule has 3 heterocycles. The summed E-state index contributed by atoms with van der Waals surface area (Å²) in [5.41, 5.74) is 3.15. The lowest BCUT2D eigenvalue weighted by molar-refractivity contribution is 0.114. The number of hydrogen-bond acceptors (Lipinski definition) is 4. The zero-order valence-corrected chi connectivity index (χ0v) is 20.1. The van der Waals surface area contributed by atoms with Crippen molar-refractivity contribution in [1.82, 2.24) is 20.4 Å². The maximum Gasteiger partial charge on any atom is 0.191 e. The number of rotatable bonds is 8. The van der Waals surface area contributed by atoms with Gasteiger partial charge in [0.05, 0.1) is 30.3 Å². The summed E-state index contributed by atoms with van der Waals surface area (Å²) in [6, 6.07) is 14.1. The van der Waals surface area contributed by atoms with Crippen molar-refractivity contribution in [2.24, 2.45) is 4.99 Å². The quantitative estimate of drug-likeness (QED) is 0.261. The lowest BCUT2D eigenvalue weighted by atomic mass is 10.2. The first kappa shape index (κ1) is 23.3.